The number of aromatic nitrogens is 1. The van der Waals surface area contributed by atoms with Gasteiger partial charge in [0.25, 0.3) is 0 Å². The third-order valence-electron chi connectivity index (χ3n) is 1.40. The van der Waals surface area contributed by atoms with Gasteiger partial charge in [-0.05, 0) is 0 Å². The number of hydrogen-bond acceptors (Lipinski definition) is 3. The van der Waals surface area contributed by atoms with Crippen molar-refractivity contribution in [2.24, 2.45) is 0 Å². The summed E-state index contributed by atoms with van der Waals surface area (Å²) < 4.78 is 4.83. The fraction of sp³-hybridized carbons (Fsp3) is 0.111. The summed E-state index contributed by atoms with van der Waals surface area (Å²) in [6.45, 7) is 0. The van der Waals surface area contributed by atoms with Crippen LogP contribution in [0, 0.1) is 12.3 Å². The quantitative estimate of drug-likeness (QED) is 0.477. The molecule has 0 aliphatic carbocycles. The molecule has 0 amide bonds. The molecule has 0 saturated carbocycles. The van der Waals surface area contributed by atoms with E-state index >= 15 is 0 Å². The molecule has 1 heterocycles. The Balaban J connectivity index is 3.22. The van der Waals surface area contributed by atoms with Crippen molar-refractivity contribution in [1.82, 2.24) is 4.98 Å². The first-order valence-corrected chi connectivity index (χ1v) is 3.27. The lowest BCUT2D eigenvalue weighted by Crippen LogP contribution is -1.93. The van der Waals surface area contributed by atoms with Crippen molar-refractivity contribution in [1.29, 1.82) is 0 Å². The molecular formula is C9H7NO2. The van der Waals surface area contributed by atoms with Crippen molar-refractivity contribution in [2.75, 3.05) is 7.11 Å². The minimum Gasteiger partial charge on any atom is -0.481 e. The van der Waals surface area contributed by atoms with Crippen molar-refractivity contribution in [3.63, 3.8) is 0 Å². The first-order chi connectivity index (χ1) is 5.81. The highest BCUT2D eigenvalue weighted by Crippen LogP contribution is 2.11. The summed E-state index contributed by atoms with van der Waals surface area (Å²) in [5.41, 5.74) is 0.898. The van der Waals surface area contributed by atoms with Crippen LogP contribution >= 0.6 is 0 Å². The van der Waals surface area contributed by atoms with Gasteiger partial charge in [0, 0.05) is 23.4 Å². The van der Waals surface area contributed by atoms with Crippen LogP contribution < -0.4 is 4.74 Å². The van der Waals surface area contributed by atoms with Crippen LogP contribution in [0.3, 0.4) is 0 Å². The number of pyridine rings is 1. The number of terminal acetylenes is 1. The number of methoxy groups -OCH3 is 1. The van der Waals surface area contributed by atoms with E-state index in [0.717, 1.165) is 0 Å². The van der Waals surface area contributed by atoms with Crippen LogP contribution in [-0.4, -0.2) is 18.4 Å². The van der Waals surface area contributed by atoms with Crippen molar-refractivity contribution < 1.29 is 9.53 Å². The lowest BCUT2D eigenvalue weighted by Gasteiger charge is -1.99. The van der Waals surface area contributed by atoms with E-state index in [1.807, 2.05) is 0 Å². The summed E-state index contributed by atoms with van der Waals surface area (Å²) in [5, 5.41) is 0. The van der Waals surface area contributed by atoms with Gasteiger partial charge in [0.05, 0.1) is 7.11 Å². The van der Waals surface area contributed by atoms with E-state index in [-0.39, 0.29) is 0 Å². The molecular weight excluding hydrogens is 154 g/mol. The van der Waals surface area contributed by atoms with Gasteiger partial charge in [-0.1, -0.05) is 5.92 Å². The SMILES string of the molecule is C#Cc1cc(OC)ncc1C=O. The second kappa shape index (κ2) is 3.54. The van der Waals surface area contributed by atoms with Gasteiger partial charge in [-0.2, -0.15) is 0 Å². The molecule has 0 aliphatic rings. The Morgan fingerprint density at radius 2 is 2.50 bits per heavy atom. The molecule has 1 rings (SSSR count). The van der Waals surface area contributed by atoms with Crippen LogP contribution in [0.4, 0.5) is 0 Å². The standard InChI is InChI=1S/C9H7NO2/c1-3-7-4-9(12-2)10-5-8(7)6-11/h1,4-6H,2H3. The zero-order valence-corrected chi connectivity index (χ0v) is 6.57. The minimum atomic E-state index is 0.401. The molecule has 60 valence electrons. The Bertz CT molecular complexity index is 339. The summed E-state index contributed by atoms with van der Waals surface area (Å²) >= 11 is 0. The van der Waals surface area contributed by atoms with Crippen molar-refractivity contribution in [3.05, 3.63) is 23.4 Å². The van der Waals surface area contributed by atoms with Gasteiger partial charge < -0.3 is 4.74 Å². The lowest BCUT2D eigenvalue weighted by atomic mass is 10.2. The maximum absolute atomic E-state index is 10.4. The molecule has 12 heavy (non-hydrogen) atoms. The average molecular weight is 161 g/mol. The van der Waals surface area contributed by atoms with E-state index in [2.05, 4.69) is 10.9 Å². The van der Waals surface area contributed by atoms with Crippen molar-refractivity contribution in [3.8, 4) is 18.2 Å². The molecule has 0 atom stereocenters. The zero-order chi connectivity index (χ0) is 8.97. The maximum Gasteiger partial charge on any atom is 0.214 e. The highest BCUT2D eigenvalue weighted by Gasteiger charge is 2.01. The molecule has 0 spiro atoms. The van der Waals surface area contributed by atoms with E-state index in [9.17, 15) is 4.79 Å². The smallest absolute Gasteiger partial charge is 0.214 e. The normalized spacial score (nSPS) is 8.67. The molecule has 0 aliphatic heterocycles. The number of carbonyl (C=O) groups is 1. The van der Waals surface area contributed by atoms with Crippen LogP contribution in [0.15, 0.2) is 12.3 Å². The van der Waals surface area contributed by atoms with Gasteiger partial charge in [0.2, 0.25) is 5.88 Å². The minimum absolute atomic E-state index is 0.401. The Labute approximate surface area is 70.4 Å². The van der Waals surface area contributed by atoms with Gasteiger partial charge in [-0.25, -0.2) is 4.98 Å². The Kier molecular flexibility index (Phi) is 2.44. The monoisotopic (exact) mass is 161 g/mol. The Morgan fingerprint density at radius 1 is 1.75 bits per heavy atom. The van der Waals surface area contributed by atoms with E-state index in [1.165, 1.54) is 13.3 Å². The van der Waals surface area contributed by atoms with Gasteiger partial charge in [-0.3, -0.25) is 4.79 Å². The molecule has 0 aromatic carbocycles. The Hall–Kier alpha value is -1.82. The first kappa shape index (κ1) is 8.28. The van der Waals surface area contributed by atoms with Crippen LogP contribution in [0.25, 0.3) is 0 Å². The summed E-state index contributed by atoms with van der Waals surface area (Å²) in [4.78, 5) is 14.2. The van der Waals surface area contributed by atoms with Gasteiger partial charge in [0.15, 0.2) is 6.29 Å². The number of ether oxygens (including phenoxy) is 1. The van der Waals surface area contributed by atoms with Gasteiger partial charge in [-0.15, -0.1) is 6.42 Å². The molecule has 3 heteroatoms. The molecule has 0 N–H and O–H groups in total. The second-order valence-corrected chi connectivity index (χ2v) is 2.08. The third kappa shape index (κ3) is 1.43. The number of aldehydes is 1. The van der Waals surface area contributed by atoms with Crippen LogP contribution in [-0.2, 0) is 0 Å². The predicted molar refractivity (Wildman–Crippen MR) is 44.1 cm³/mol. The average Bonchev–Trinajstić information content (AvgIpc) is 2.16. The molecule has 0 unspecified atom stereocenters. The lowest BCUT2D eigenvalue weighted by molar-refractivity contribution is 0.112. The number of nitrogens with zero attached hydrogens (tertiary/aromatic N) is 1. The summed E-state index contributed by atoms with van der Waals surface area (Å²) in [6, 6.07) is 1.55. The molecule has 1 aromatic rings. The number of hydrogen-bond donors (Lipinski definition) is 0. The molecule has 0 bridgehead atoms. The van der Waals surface area contributed by atoms with E-state index < -0.39 is 0 Å². The van der Waals surface area contributed by atoms with E-state index in [1.54, 1.807) is 6.07 Å². The second-order valence-electron chi connectivity index (χ2n) is 2.08. The van der Waals surface area contributed by atoms with Crippen molar-refractivity contribution in [2.45, 2.75) is 0 Å². The van der Waals surface area contributed by atoms with E-state index in [4.69, 9.17) is 11.2 Å². The van der Waals surface area contributed by atoms with Crippen LogP contribution in [0.5, 0.6) is 5.88 Å². The fourth-order valence-electron chi connectivity index (χ4n) is 0.777. The molecule has 1 aromatic heterocycles. The van der Waals surface area contributed by atoms with Crippen LogP contribution in [0.1, 0.15) is 15.9 Å². The summed E-state index contributed by atoms with van der Waals surface area (Å²) in [6.07, 6.45) is 7.22. The number of carbonyl (C=O) groups excluding carboxylic acids is 1. The fourth-order valence-corrected chi connectivity index (χ4v) is 0.777. The molecule has 3 nitrogen and oxygen atoms in total. The Morgan fingerprint density at radius 3 is 3.00 bits per heavy atom. The predicted octanol–water partition coefficient (Wildman–Crippen LogP) is 0.884. The number of rotatable bonds is 2. The van der Waals surface area contributed by atoms with Crippen molar-refractivity contribution >= 4 is 6.29 Å². The zero-order valence-electron chi connectivity index (χ0n) is 6.57. The van der Waals surface area contributed by atoms with Gasteiger partial charge >= 0.3 is 0 Å². The largest absolute Gasteiger partial charge is 0.481 e. The van der Waals surface area contributed by atoms with Crippen LogP contribution in [0.2, 0.25) is 0 Å². The topological polar surface area (TPSA) is 39.2 Å². The third-order valence-corrected chi connectivity index (χ3v) is 1.40. The summed E-state index contributed by atoms with van der Waals surface area (Å²) in [7, 11) is 1.49. The first-order valence-electron chi connectivity index (χ1n) is 3.27. The maximum atomic E-state index is 10.4. The highest BCUT2D eigenvalue weighted by molar-refractivity contribution is 5.78. The molecule has 0 radical (unpaired) electrons. The van der Waals surface area contributed by atoms with Gasteiger partial charge in [0.1, 0.15) is 0 Å². The summed E-state index contributed by atoms with van der Waals surface area (Å²) in [5.74, 6) is 2.78. The highest BCUT2D eigenvalue weighted by atomic mass is 16.5. The molecule has 0 fully saturated rings. The molecule has 0 saturated heterocycles. The van der Waals surface area contributed by atoms with E-state index in [0.29, 0.717) is 23.3 Å².